The van der Waals surface area contributed by atoms with Crippen LogP contribution < -0.4 is 11.1 Å². The Morgan fingerprint density at radius 2 is 2.16 bits per heavy atom. The van der Waals surface area contributed by atoms with Gasteiger partial charge in [-0.05, 0) is 25.7 Å². The summed E-state index contributed by atoms with van der Waals surface area (Å²) < 4.78 is 5.64. The van der Waals surface area contributed by atoms with Crippen molar-refractivity contribution >= 4 is 11.8 Å². The summed E-state index contributed by atoms with van der Waals surface area (Å²) in [7, 11) is 0. The highest BCUT2D eigenvalue weighted by Gasteiger charge is 2.34. The van der Waals surface area contributed by atoms with Crippen molar-refractivity contribution in [3.63, 3.8) is 0 Å². The van der Waals surface area contributed by atoms with E-state index in [0.29, 0.717) is 13.1 Å². The molecular weight excluding hydrogens is 246 g/mol. The fourth-order valence-electron chi connectivity index (χ4n) is 2.85. The van der Waals surface area contributed by atoms with Crippen molar-refractivity contribution in [2.45, 2.75) is 50.9 Å². The van der Waals surface area contributed by atoms with Gasteiger partial charge in [0.05, 0.1) is 6.10 Å². The van der Waals surface area contributed by atoms with Crippen LogP contribution in [0.1, 0.15) is 32.6 Å². The van der Waals surface area contributed by atoms with Crippen LogP contribution in [0.3, 0.4) is 0 Å². The number of carbonyl (C=O) groups excluding carboxylic acids is 2. The maximum absolute atomic E-state index is 12.3. The minimum atomic E-state index is -0.343. The van der Waals surface area contributed by atoms with E-state index in [1.165, 1.54) is 6.92 Å². The van der Waals surface area contributed by atoms with Gasteiger partial charge < -0.3 is 20.7 Å². The van der Waals surface area contributed by atoms with E-state index >= 15 is 0 Å². The maximum Gasteiger partial charge on any atom is 0.251 e. The zero-order chi connectivity index (χ0) is 13.8. The predicted molar refractivity (Wildman–Crippen MR) is 70.4 cm³/mol. The SMILES string of the molecule is CC(=O)NC1CCCN(C(=O)[C@@H]2CC[C@H](CN)O2)C1. The molecule has 3 N–H and O–H groups in total. The Balaban J connectivity index is 1.87. The second kappa shape index (κ2) is 6.34. The molecule has 2 fully saturated rings. The van der Waals surface area contributed by atoms with Crippen LogP contribution in [0.4, 0.5) is 0 Å². The van der Waals surface area contributed by atoms with Gasteiger partial charge in [0.1, 0.15) is 6.10 Å². The van der Waals surface area contributed by atoms with Crippen molar-refractivity contribution in [2.75, 3.05) is 19.6 Å². The van der Waals surface area contributed by atoms with E-state index in [9.17, 15) is 9.59 Å². The number of likely N-dealkylation sites (tertiary alicyclic amines) is 1. The molecule has 0 saturated carbocycles. The van der Waals surface area contributed by atoms with Gasteiger partial charge in [0.25, 0.3) is 5.91 Å². The molecular formula is C13H23N3O3. The number of hydrogen-bond acceptors (Lipinski definition) is 4. The number of amides is 2. The molecule has 0 aromatic carbocycles. The molecule has 0 aromatic rings. The monoisotopic (exact) mass is 269 g/mol. The zero-order valence-electron chi connectivity index (χ0n) is 11.4. The van der Waals surface area contributed by atoms with E-state index in [1.54, 1.807) is 0 Å². The molecule has 19 heavy (non-hydrogen) atoms. The average Bonchev–Trinajstić information content (AvgIpc) is 2.86. The Morgan fingerprint density at radius 1 is 1.37 bits per heavy atom. The molecule has 2 heterocycles. The van der Waals surface area contributed by atoms with Gasteiger partial charge in [0.15, 0.2) is 0 Å². The molecule has 3 atom stereocenters. The normalized spacial score (nSPS) is 31.3. The summed E-state index contributed by atoms with van der Waals surface area (Å²) in [4.78, 5) is 25.2. The fourth-order valence-corrected chi connectivity index (χ4v) is 2.85. The number of nitrogens with zero attached hydrogens (tertiary/aromatic N) is 1. The first-order valence-electron chi connectivity index (χ1n) is 7.01. The second-order valence-electron chi connectivity index (χ2n) is 5.38. The highest BCUT2D eigenvalue weighted by atomic mass is 16.5. The topological polar surface area (TPSA) is 84.7 Å². The summed E-state index contributed by atoms with van der Waals surface area (Å²) in [5.41, 5.74) is 5.55. The van der Waals surface area contributed by atoms with Gasteiger partial charge >= 0.3 is 0 Å². The lowest BCUT2D eigenvalue weighted by Crippen LogP contribution is -2.51. The number of rotatable bonds is 3. The number of hydrogen-bond donors (Lipinski definition) is 2. The smallest absolute Gasteiger partial charge is 0.251 e. The molecule has 0 bridgehead atoms. The molecule has 2 amide bonds. The third kappa shape index (κ3) is 3.67. The van der Waals surface area contributed by atoms with Gasteiger partial charge in [0, 0.05) is 32.6 Å². The Bertz CT molecular complexity index is 348. The second-order valence-corrected chi connectivity index (χ2v) is 5.38. The Morgan fingerprint density at radius 3 is 2.79 bits per heavy atom. The maximum atomic E-state index is 12.3. The summed E-state index contributed by atoms with van der Waals surface area (Å²) in [5.74, 6) is 0.00520. The molecule has 0 radical (unpaired) electrons. The highest BCUT2D eigenvalue weighted by Crippen LogP contribution is 2.22. The molecule has 2 rings (SSSR count). The number of nitrogens with one attached hydrogen (secondary N) is 1. The number of nitrogens with two attached hydrogens (primary N) is 1. The van der Waals surface area contributed by atoms with E-state index in [2.05, 4.69) is 5.32 Å². The van der Waals surface area contributed by atoms with Crippen molar-refractivity contribution in [1.82, 2.24) is 10.2 Å². The number of piperidine rings is 1. The minimum absolute atomic E-state index is 0.0184. The Kier molecular flexibility index (Phi) is 4.76. The Labute approximate surface area is 113 Å². The third-order valence-electron chi connectivity index (χ3n) is 3.79. The first-order valence-corrected chi connectivity index (χ1v) is 7.01. The molecule has 2 saturated heterocycles. The van der Waals surface area contributed by atoms with Crippen molar-refractivity contribution < 1.29 is 14.3 Å². The summed E-state index contributed by atoms with van der Waals surface area (Å²) in [5, 5.41) is 2.88. The van der Waals surface area contributed by atoms with E-state index < -0.39 is 0 Å². The standard InChI is InChI=1S/C13H23N3O3/c1-9(17)15-10-3-2-6-16(8-10)13(18)12-5-4-11(7-14)19-12/h10-12H,2-8,14H2,1H3,(H,15,17)/t10?,11-,12+/m1/s1. The van der Waals surface area contributed by atoms with Gasteiger partial charge in [0.2, 0.25) is 5.91 Å². The number of ether oxygens (including phenoxy) is 1. The van der Waals surface area contributed by atoms with Gasteiger partial charge in [-0.15, -0.1) is 0 Å². The molecule has 2 aliphatic heterocycles. The molecule has 1 unspecified atom stereocenters. The lowest BCUT2D eigenvalue weighted by molar-refractivity contribution is -0.144. The zero-order valence-corrected chi connectivity index (χ0v) is 11.4. The van der Waals surface area contributed by atoms with Gasteiger partial charge in [-0.3, -0.25) is 9.59 Å². The summed E-state index contributed by atoms with van der Waals surface area (Å²) in [6.45, 7) is 3.32. The lowest BCUT2D eigenvalue weighted by atomic mass is 10.0. The van der Waals surface area contributed by atoms with Crippen LogP contribution in [-0.2, 0) is 14.3 Å². The minimum Gasteiger partial charge on any atom is -0.364 e. The molecule has 0 spiro atoms. The number of carbonyl (C=O) groups is 2. The quantitative estimate of drug-likeness (QED) is 0.731. The fraction of sp³-hybridized carbons (Fsp3) is 0.846. The lowest BCUT2D eigenvalue weighted by Gasteiger charge is -2.34. The van der Waals surface area contributed by atoms with Crippen LogP contribution in [0.5, 0.6) is 0 Å². The van der Waals surface area contributed by atoms with E-state index in [-0.39, 0.29) is 30.1 Å². The predicted octanol–water partition coefficient (Wildman–Crippen LogP) is -0.380. The van der Waals surface area contributed by atoms with E-state index in [4.69, 9.17) is 10.5 Å². The highest BCUT2D eigenvalue weighted by molar-refractivity contribution is 5.81. The van der Waals surface area contributed by atoms with Gasteiger partial charge in [-0.25, -0.2) is 0 Å². The van der Waals surface area contributed by atoms with Crippen LogP contribution in [0.25, 0.3) is 0 Å². The van der Waals surface area contributed by atoms with Crippen LogP contribution in [0.15, 0.2) is 0 Å². The Hall–Kier alpha value is -1.14. The first-order chi connectivity index (χ1) is 9.10. The van der Waals surface area contributed by atoms with Crippen molar-refractivity contribution in [3.8, 4) is 0 Å². The largest absolute Gasteiger partial charge is 0.364 e. The van der Waals surface area contributed by atoms with Crippen LogP contribution in [0, 0.1) is 0 Å². The van der Waals surface area contributed by atoms with Crippen molar-refractivity contribution in [1.29, 1.82) is 0 Å². The molecule has 6 heteroatoms. The molecule has 108 valence electrons. The molecule has 2 aliphatic rings. The van der Waals surface area contributed by atoms with Crippen molar-refractivity contribution in [2.24, 2.45) is 5.73 Å². The van der Waals surface area contributed by atoms with Gasteiger partial charge in [-0.1, -0.05) is 0 Å². The van der Waals surface area contributed by atoms with E-state index in [1.807, 2.05) is 4.90 Å². The van der Waals surface area contributed by atoms with Gasteiger partial charge in [-0.2, -0.15) is 0 Å². The van der Waals surface area contributed by atoms with Crippen LogP contribution in [-0.4, -0.2) is 54.6 Å². The average molecular weight is 269 g/mol. The summed E-state index contributed by atoms with van der Waals surface area (Å²) in [6, 6.07) is 0.0712. The molecule has 0 aromatic heterocycles. The van der Waals surface area contributed by atoms with Crippen LogP contribution >= 0.6 is 0 Å². The summed E-state index contributed by atoms with van der Waals surface area (Å²) >= 11 is 0. The molecule has 0 aliphatic carbocycles. The first kappa shape index (κ1) is 14.3. The van der Waals surface area contributed by atoms with Crippen molar-refractivity contribution in [3.05, 3.63) is 0 Å². The molecule has 6 nitrogen and oxygen atoms in total. The third-order valence-corrected chi connectivity index (χ3v) is 3.79. The summed E-state index contributed by atoms with van der Waals surface area (Å²) in [6.07, 6.45) is 3.14. The van der Waals surface area contributed by atoms with E-state index in [0.717, 1.165) is 32.2 Å². The van der Waals surface area contributed by atoms with Crippen LogP contribution in [0.2, 0.25) is 0 Å².